The molecule has 4 aromatic rings. The first kappa shape index (κ1) is 23.2. The summed E-state index contributed by atoms with van der Waals surface area (Å²) in [5.74, 6) is 0.0908. The van der Waals surface area contributed by atoms with Crippen molar-refractivity contribution in [2.75, 3.05) is 10.6 Å². The smallest absolute Gasteiger partial charge is 0.240 e. The van der Waals surface area contributed by atoms with Crippen molar-refractivity contribution >= 4 is 23.2 Å². The van der Waals surface area contributed by atoms with E-state index in [-0.39, 0.29) is 5.91 Å². The van der Waals surface area contributed by atoms with Crippen LogP contribution in [0.15, 0.2) is 73.2 Å². The van der Waals surface area contributed by atoms with E-state index in [0.29, 0.717) is 35.7 Å². The molecule has 2 heterocycles. The van der Waals surface area contributed by atoms with Gasteiger partial charge in [0.15, 0.2) is 0 Å². The Bertz CT molecular complexity index is 1440. The van der Waals surface area contributed by atoms with Gasteiger partial charge in [0.1, 0.15) is 22.7 Å². The van der Waals surface area contributed by atoms with Crippen LogP contribution in [0.2, 0.25) is 0 Å². The van der Waals surface area contributed by atoms with Crippen LogP contribution in [0.1, 0.15) is 18.4 Å². The predicted molar refractivity (Wildman–Crippen MR) is 133 cm³/mol. The van der Waals surface area contributed by atoms with Crippen LogP contribution in [0.3, 0.4) is 0 Å². The van der Waals surface area contributed by atoms with E-state index >= 15 is 0 Å². The van der Waals surface area contributed by atoms with E-state index in [1.165, 1.54) is 24.3 Å². The first-order valence-electron chi connectivity index (χ1n) is 11.4. The molecule has 8 nitrogen and oxygen atoms in total. The monoisotopic (exact) mass is 485 g/mol. The highest BCUT2D eigenvalue weighted by Gasteiger charge is 2.56. The zero-order valence-corrected chi connectivity index (χ0v) is 19.8. The van der Waals surface area contributed by atoms with Crippen LogP contribution in [0.25, 0.3) is 11.3 Å². The number of ether oxygens (including phenoxy) is 1. The fourth-order valence-electron chi connectivity index (χ4n) is 3.87. The van der Waals surface area contributed by atoms with Gasteiger partial charge in [-0.05, 0) is 73.9 Å². The molecule has 0 atom stereocenters. The molecule has 0 spiro atoms. The topological polar surface area (TPSA) is 98.1 Å². The highest BCUT2D eigenvalue weighted by molar-refractivity contribution is 6.16. The summed E-state index contributed by atoms with van der Waals surface area (Å²) in [7, 11) is 1.84. The highest BCUT2D eigenvalue weighted by atomic mass is 19.1. The summed E-state index contributed by atoms with van der Waals surface area (Å²) in [5.41, 5.74) is 2.33. The quantitative estimate of drug-likeness (QED) is 0.356. The molecule has 0 saturated heterocycles. The van der Waals surface area contributed by atoms with Gasteiger partial charge in [0, 0.05) is 42.4 Å². The summed E-state index contributed by atoms with van der Waals surface area (Å²) in [4.78, 5) is 30.1. The maximum Gasteiger partial charge on any atom is 0.240 e. The Balaban J connectivity index is 1.25. The molecular formula is C27H24FN5O3. The molecular weight excluding hydrogens is 461 g/mol. The number of amides is 2. The van der Waals surface area contributed by atoms with Crippen LogP contribution < -0.4 is 15.4 Å². The minimum atomic E-state index is -1.13. The number of rotatable bonds is 7. The normalized spacial score (nSPS) is 13.6. The molecule has 36 heavy (non-hydrogen) atoms. The van der Waals surface area contributed by atoms with Gasteiger partial charge < -0.3 is 15.4 Å². The highest BCUT2D eigenvalue weighted by Crippen LogP contribution is 2.47. The lowest BCUT2D eigenvalue weighted by atomic mass is 10.0. The van der Waals surface area contributed by atoms with E-state index in [2.05, 4.69) is 20.7 Å². The Labute approximate surface area is 207 Å². The van der Waals surface area contributed by atoms with Gasteiger partial charge in [-0.15, -0.1) is 0 Å². The Morgan fingerprint density at radius 1 is 1.00 bits per heavy atom. The minimum absolute atomic E-state index is 0.370. The summed E-state index contributed by atoms with van der Waals surface area (Å²) in [6.07, 6.45) is 6.19. The van der Waals surface area contributed by atoms with Crippen molar-refractivity contribution in [3.63, 3.8) is 0 Å². The molecule has 0 unspecified atom stereocenters. The summed E-state index contributed by atoms with van der Waals surface area (Å²) in [6, 6.07) is 14.3. The van der Waals surface area contributed by atoms with E-state index in [1.54, 1.807) is 41.3 Å². The summed E-state index contributed by atoms with van der Waals surface area (Å²) < 4.78 is 20.9. The number of anilines is 2. The van der Waals surface area contributed by atoms with E-state index in [9.17, 15) is 14.0 Å². The second-order valence-corrected chi connectivity index (χ2v) is 8.86. The minimum Gasteiger partial charge on any atom is -0.457 e. The van der Waals surface area contributed by atoms with E-state index in [0.717, 1.165) is 16.8 Å². The number of nitrogens with zero attached hydrogens (tertiary/aromatic N) is 3. The number of carbonyl (C=O) groups excluding carboxylic acids is 2. The second kappa shape index (κ2) is 9.26. The van der Waals surface area contributed by atoms with Crippen LogP contribution >= 0.6 is 0 Å². The van der Waals surface area contributed by atoms with Gasteiger partial charge in [-0.1, -0.05) is 0 Å². The zero-order chi connectivity index (χ0) is 25.3. The third-order valence-electron chi connectivity index (χ3n) is 6.11. The van der Waals surface area contributed by atoms with Gasteiger partial charge in [-0.3, -0.25) is 19.3 Å². The predicted octanol–water partition coefficient (Wildman–Crippen LogP) is 5.08. The third-order valence-corrected chi connectivity index (χ3v) is 6.11. The summed E-state index contributed by atoms with van der Waals surface area (Å²) in [5, 5.41) is 9.73. The average Bonchev–Trinajstić information content (AvgIpc) is 3.57. The lowest BCUT2D eigenvalue weighted by Gasteiger charge is -2.16. The molecule has 182 valence electrons. The molecule has 9 heteroatoms. The molecule has 2 aromatic heterocycles. The first-order valence-corrected chi connectivity index (χ1v) is 11.4. The molecule has 1 fully saturated rings. The maximum absolute atomic E-state index is 13.1. The van der Waals surface area contributed by atoms with Crippen molar-refractivity contribution in [2.45, 2.75) is 19.8 Å². The number of aryl methyl sites for hydroxylation is 2. The fourth-order valence-corrected chi connectivity index (χ4v) is 3.87. The van der Waals surface area contributed by atoms with Crippen molar-refractivity contribution in [1.29, 1.82) is 0 Å². The number of benzene rings is 2. The SMILES string of the molecule is Cc1cc(NC(=O)C2(C(=O)Nc3ccc(F)cc3)CC2)ccc1Oc1ccnc(-c2cnn(C)c2)c1. The van der Waals surface area contributed by atoms with Crippen LogP contribution in [-0.2, 0) is 16.6 Å². The summed E-state index contributed by atoms with van der Waals surface area (Å²) in [6.45, 7) is 1.88. The van der Waals surface area contributed by atoms with Gasteiger partial charge >= 0.3 is 0 Å². The van der Waals surface area contributed by atoms with Crippen LogP contribution in [0.5, 0.6) is 11.5 Å². The van der Waals surface area contributed by atoms with Gasteiger partial charge in [-0.25, -0.2) is 4.39 Å². The van der Waals surface area contributed by atoms with Gasteiger partial charge in [-0.2, -0.15) is 5.10 Å². The average molecular weight is 486 g/mol. The molecule has 0 bridgehead atoms. The molecule has 2 aromatic carbocycles. The van der Waals surface area contributed by atoms with Gasteiger partial charge in [0.25, 0.3) is 0 Å². The van der Waals surface area contributed by atoms with Crippen molar-refractivity contribution in [1.82, 2.24) is 14.8 Å². The van der Waals surface area contributed by atoms with Gasteiger partial charge in [0.05, 0.1) is 11.9 Å². The van der Waals surface area contributed by atoms with E-state index in [1.807, 2.05) is 26.2 Å². The maximum atomic E-state index is 13.1. The third kappa shape index (κ3) is 4.81. The molecule has 0 radical (unpaired) electrons. The molecule has 1 saturated carbocycles. The van der Waals surface area contributed by atoms with E-state index in [4.69, 9.17) is 4.74 Å². The van der Waals surface area contributed by atoms with Crippen LogP contribution in [0, 0.1) is 18.2 Å². The Hall–Kier alpha value is -4.53. The Morgan fingerprint density at radius 3 is 2.33 bits per heavy atom. The Morgan fingerprint density at radius 2 is 1.69 bits per heavy atom. The van der Waals surface area contributed by atoms with Crippen LogP contribution in [0.4, 0.5) is 15.8 Å². The molecule has 2 amide bonds. The zero-order valence-electron chi connectivity index (χ0n) is 19.8. The number of carbonyl (C=O) groups is 2. The number of nitrogens with one attached hydrogen (secondary N) is 2. The lowest BCUT2D eigenvalue weighted by molar-refractivity contribution is -0.131. The number of hydrogen-bond acceptors (Lipinski definition) is 5. The first-order chi connectivity index (χ1) is 17.3. The number of aromatic nitrogens is 3. The van der Waals surface area contributed by atoms with Crippen LogP contribution in [-0.4, -0.2) is 26.6 Å². The lowest BCUT2D eigenvalue weighted by Crippen LogP contribution is -2.35. The van der Waals surface area contributed by atoms with Crippen molar-refractivity contribution < 1.29 is 18.7 Å². The largest absolute Gasteiger partial charge is 0.457 e. The molecule has 5 rings (SSSR count). The fraction of sp³-hybridized carbons (Fsp3) is 0.185. The number of pyridine rings is 1. The van der Waals surface area contributed by atoms with Crippen molar-refractivity contribution in [2.24, 2.45) is 12.5 Å². The van der Waals surface area contributed by atoms with Gasteiger partial charge in [0.2, 0.25) is 11.8 Å². The second-order valence-electron chi connectivity index (χ2n) is 8.86. The standard InChI is InChI=1S/C27H24FN5O3/c1-17-13-21(32-26(35)27(10-11-27)25(34)31-20-5-3-19(28)4-6-20)7-8-24(17)36-22-9-12-29-23(14-22)18-15-30-33(2)16-18/h3-9,12-16H,10-11H2,1-2H3,(H,31,34)(H,32,35). The number of hydrogen-bond donors (Lipinski definition) is 2. The van der Waals surface area contributed by atoms with Crippen molar-refractivity contribution in [3.8, 4) is 22.8 Å². The summed E-state index contributed by atoms with van der Waals surface area (Å²) >= 11 is 0. The van der Waals surface area contributed by atoms with Crippen molar-refractivity contribution in [3.05, 3.63) is 84.6 Å². The number of halogens is 1. The Kier molecular flexibility index (Phi) is 5.97. The molecule has 1 aliphatic carbocycles. The molecule has 0 aliphatic heterocycles. The molecule has 2 N–H and O–H groups in total. The molecule has 1 aliphatic rings. The van der Waals surface area contributed by atoms with E-state index < -0.39 is 17.1 Å².